The molecule has 1 fully saturated rings. The van der Waals surface area contributed by atoms with Gasteiger partial charge in [-0.3, -0.25) is 4.79 Å². The Kier molecular flexibility index (Phi) is 5.97. The van der Waals surface area contributed by atoms with Crippen LogP contribution >= 0.6 is 0 Å². The Morgan fingerprint density at radius 1 is 1.25 bits per heavy atom. The molecule has 1 aliphatic heterocycles. The highest BCUT2D eigenvalue weighted by atomic mass is 19.4. The summed E-state index contributed by atoms with van der Waals surface area (Å²) in [6.45, 7) is 0.645. The van der Waals surface area contributed by atoms with Gasteiger partial charge in [-0.2, -0.15) is 0 Å². The van der Waals surface area contributed by atoms with Gasteiger partial charge >= 0.3 is 6.36 Å². The van der Waals surface area contributed by atoms with Gasteiger partial charge in [0.2, 0.25) is 0 Å². The number of aryl methyl sites for hydroxylation is 1. The monoisotopic (exact) mass is 505 g/mol. The molecule has 1 aliphatic carbocycles. The van der Waals surface area contributed by atoms with Crippen molar-refractivity contribution in [3.05, 3.63) is 52.6 Å². The van der Waals surface area contributed by atoms with E-state index >= 15 is 4.39 Å². The molecule has 36 heavy (non-hydrogen) atoms. The number of hydrogen-bond acceptors (Lipinski definition) is 6. The van der Waals surface area contributed by atoms with E-state index in [1.807, 2.05) is 0 Å². The smallest absolute Gasteiger partial charge is 0.411 e. The Hall–Kier alpha value is -3.83. The summed E-state index contributed by atoms with van der Waals surface area (Å²) in [7, 11) is 0. The number of alkyl halides is 3. The number of likely N-dealkylation sites (tertiary alicyclic amines) is 1. The molecular formula is C24H23F4N5O3. The number of oxime groups is 1. The standard InChI is InChI=1S/C24H23F4N5O3/c25-17-11-30-22-21(16-9-13(32-35)1-4-19(16)31-22)20(17)12-5-7-33(8-6-12)23(34)15-3-2-14(10-18(15)29)36-24(26,27)28/h2-3,10-12,35H,1,4-9,29H2,(H,30,31). The molecule has 3 aromatic rings. The molecule has 8 nitrogen and oxygen atoms in total. The normalized spacial score (nSPS) is 18.0. The lowest BCUT2D eigenvalue weighted by atomic mass is 9.84. The minimum atomic E-state index is -4.86. The highest BCUT2D eigenvalue weighted by Gasteiger charge is 2.33. The van der Waals surface area contributed by atoms with Crippen LogP contribution in [-0.4, -0.2) is 51.1 Å². The third kappa shape index (κ3) is 4.42. The molecule has 1 saturated heterocycles. The molecule has 0 spiro atoms. The first-order valence-corrected chi connectivity index (χ1v) is 11.5. The molecule has 3 heterocycles. The van der Waals surface area contributed by atoms with Gasteiger partial charge in [0.15, 0.2) is 0 Å². The number of amides is 1. The first-order chi connectivity index (χ1) is 17.1. The summed E-state index contributed by atoms with van der Waals surface area (Å²) in [4.78, 5) is 22.1. The van der Waals surface area contributed by atoms with Crippen LogP contribution in [0.5, 0.6) is 5.75 Å². The fraction of sp³-hybridized carbons (Fsp3) is 0.375. The van der Waals surface area contributed by atoms with Gasteiger partial charge in [-0.1, -0.05) is 5.16 Å². The van der Waals surface area contributed by atoms with E-state index in [4.69, 9.17) is 5.73 Å². The number of pyridine rings is 1. The number of fused-ring (bicyclic) bond motifs is 3. The number of benzene rings is 1. The third-order valence-electron chi connectivity index (χ3n) is 6.87. The lowest BCUT2D eigenvalue weighted by molar-refractivity contribution is -0.274. The van der Waals surface area contributed by atoms with Crippen molar-refractivity contribution in [1.29, 1.82) is 0 Å². The summed E-state index contributed by atoms with van der Waals surface area (Å²) in [5.74, 6) is -1.51. The molecule has 2 aliphatic rings. The van der Waals surface area contributed by atoms with E-state index in [0.29, 0.717) is 67.5 Å². The number of nitrogens with zero attached hydrogens (tertiary/aromatic N) is 3. The van der Waals surface area contributed by atoms with Gasteiger partial charge in [0.05, 0.1) is 17.5 Å². The molecule has 1 amide bonds. The number of carbonyl (C=O) groups excluding carboxylic acids is 1. The molecular weight excluding hydrogens is 482 g/mol. The number of H-pyrrole nitrogens is 1. The van der Waals surface area contributed by atoms with Gasteiger partial charge in [-0.15, -0.1) is 13.2 Å². The van der Waals surface area contributed by atoms with Gasteiger partial charge in [0.1, 0.15) is 17.2 Å². The van der Waals surface area contributed by atoms with Crippen LogP contribution in [0, 0.1) is 5.82 Å². The third-order valence-corrected chi connectivity index (χ3v) is 6.87. The van der Waals surface area contributed by atoms with Crippen LogP contribution in [0.15, 0.2) is 29.6 Å². The molecule has 0 radical (unpaired) electrons. The lowest BCUT2D eigenvalue weighted by Crippen LogP contribution is -2.38. The molecule has 12 heteroatoms. The number of aromatic nitrogens is 2. The largest absolute Gasteiger partial charge is 0.573 e. The molecule has 190 valence electrons. The Bertz CT molecular complexity index is 1360. The molecule has 5 rings (SSSR count). The van der Waals surface area contributed by atoms with Gasteiger partial charge in [-0.25, -0.2) is 9.37 Å². The van der Waals surface area contributed by atoms with Crippen molar-refractivity contribution in [2.24, 2.45) is 5.16 Å². The number of halogens is 4. The predicted octanol–water partition coefficient (Wildman–Crippen LogP) is 4.52. The first kappa shape index (κ1) is 23.9. The zero-order chi connectivity index (χ0) is 25.6. The Morgan fingerprint density at radius 2 is 2.00 bits per heavy atom. The number of ether oxygens (including phenoxy) is 1. The first-order valence-electron chi connectivity index (χ1n) is 11.5. The van der Waals surface area contributed by atoms with Crippen LogP contribution in [0.2, 0.25) is 0 Å². The van der Waals surface area contributed by atoms with Crippen LogP contribution < -0.4 is 10.5 Å². The van der Waals surface area contributed by atoms with E-state index in [0.717, 1.165) is 23.4 Å². The number of nitrogens with two attached hydrogens (primary N) is 1. The van der Waals surface area contributed by atoms with Crippen molar-refractivity contribution in [2.45, 2.75) is 44.4 Å². The zero-order valence-corrected chi connectivity index (χ0v) is 19.0. The van der Waals surface area contributed by atoms with E-state index in [1.165, 1.54) is 12.3 Å². The number of rotatable bonds is 3. The minimum absolute atomic E-state index is 0.0796. The summed E-state index contributed by atoms with van der Waals surface area (Å²) in [5.41, 5.74) is 9.40. The van der Waals surface area contributed by atoms with E-state index in [2.05, 4.69) is 19.9 Å². The number of carbonyl (C=O) groups is 1. The molecule has 0 atom stereocenters. The Labute approximate surface area is 202 Å². The van der Waals surface area contributed by atoms with Crippen molar-refractivity contribution in [3.8, 4) is 5.75 Å². The number of nitrogens with one attached hydrogen (secondary N) is 1. The maximum atomic E-state index is 15.1. The minimum Gasteiger partial charge on any atom is -0.411 e. The van der Waals surface area contributed by atoms with Crippen molar-refractivity contribution >= 4 is 28.3 Å². The maximum absolute atomic E-state index is 15.1. The van der Waals surface area contributed by atoms with Gasteiger partial charge in [-0.05, 0) is 49.3 Å². The Morgan fingerprint density at radius 3 is 2.67 bits per heavy atom. The second-order valence-corrected chi connectivity index (χ2v) is 9.03. The number of nitrogen functional groups attached to an aromatic ring is 1. The van der Waals surface area contributed by atoms with E-state index in [1.54, 1.807) is 4.90 Å². The maximum Gasteiger partial charge on any atom is 0.573 e. The van der Waals surface area contributed by atoms with Crippen LogP contribution in [0.25, 0.3) is 11.0 Å². The highest BCUT2D eigenvalue weighted by Crippen LogP contribution is 2.39. The SMILES string of the molecule is Nc1cc(OC(F)(F)F)ccc1C(=O)N1CCC(c2c(F)cnc3[nH]c4c(c23)CC(=NO)CC4)CC1. The highest BCUT2D eigenvalue weighted by molar-refractivity contribution is 5.99. The second-order valence-electron chi connectivity index (χ2n) is 9.03. The lowest BCUT2D eigenvalue weighted by Gasteiger charge is -2.33. The summed E-state index contributed by atoms with van der Waals surface area (Å²) in [5, 5.41) is 13.3. The molecule has 1 aromatic carbocycles. The van der Waals surface area contributed by atoms with Gasteiger partial charge in [0, 0.05) is 47.9 Å². The van der Waals surface area contributed by atoms with Crippen LogP contribution in [0.4, 0.5) is 23.2 Å². The van der Waals surface area contributed by atoms with Crippen molar-refractivity contribution in [1.82, 2.24) is 14.9 Å². The summed E-state index contributed by atoms with van der Waals surface area (Å²) < 4.78 is 56.3. The quantitative estimate of drug-likeness (QED) is 0.209. The fourth-order valence-corrected chi connectivity index (χ4v) is 5.20. The van der Waals surface area contributed by atoms with E-state index in [-0.39, 0.29) is 17.2 Å². The van der Waals surface area contributed by atoms with Crippen LogP contribution in [0.3, 0.4) is 0 Å². The van der Waals surface area contributed by atoms with Crippen LogP contribution in [0.1, 0.15) is 52.4 Å². The average Bonchev–Trinajstić information content (AvgIpc) is 3.20. The number of anilines is 1. The average molecular weight is 505 g/mol. The number of piperidine rings is 1. The summed E-state index contributed by atoms with van der Waals surface area (Å²) in [6, 6.07) is 3.23. The molecule has 0 unspecified atom stereocenters. The van der Waals surface area contributed by atoms with E-state index in [9.17, 15) is 23.2 Å². The van der Waals surface area contributed by atoms with Crippen molar-refractivity contribution in [2.75, 3.05) is 18.8 Å². The molecule has 0 saturated carbocycles. The molecule has 2 aromatic heterocycles. The van der Waals surface area contributed by atoms with E-state index < -0.39 is 23.8 Å². The molecule has 0 bridgehead atoms. The zero-order valence-electron chi connectivity index (χ0n) is 19.0. The second kappa shape index (κ2) is 8.99. The fourth-order valence-electron chi connectivity index (χ4n) is 5.20. The Balaban J connectivity index is 1.35. The van der Waals surface area contributed by atoms with Gasteiger partial charge < -0.3 is 25.6 Å². The number of aromatic amines is 1. The van der Waals surface area contributed by atoms with Crippen molar-refractivity contribution in [3.63, 3.8) is 0 Å². The van der Waals surface area contributed by atoms with Crippen molar-refractivity contribution < 1.29 is 32.3 Å². The van der Waals surface area contributed by atoms with Gasteiger partial charge in [0.25, 0.3) is 5.91 Å². The van der Waals surface area contributed by atoms with Crippen LogP contribution in [-0.2, 0) is 12.8 Å². The predicted molar refractivity (Wildman–Crippen MR) is 123 cm³/mol. The summed E-state index contributed by atoms with van der Waals surface area (Å²) >= 11 is 0. The number of hydrogen-bond donors (Lipinski definition) is 3. The molecule has 4 N–H and O–H groups in total. The topological polar surface area (TPSA) is 117 Å². The summed E-state index contributed by atoms with van der Waals surface area (Å²) in [6.07, 6.45) is -1.03.